The molecule has 29 heavy (non-hydrogen) atoms. The van der Waals surface area contributed by atoms with Gasteiger partial charge in [0.15, 0.2) is 0 Å². The Morgan fingerprint density at radius 2 is 1.69 bits per heavy atom. The molecule has 6 nitrogen and oxygen atoms in total. The molecular formula is C22H20FN3O3. The Labute approximate surface area is 167 Å². The van der Waals surface area contributed by atoms with Gasteiger partial charge in [-0.25, -0.2) is 9.37 Å². The van der Waals surface area contributed by atoms with E-state index in [1.807, 2.05) is 24.3 Å². The zero-order valence-electron chi connectivity index (χ0n) is 15.8. The fraction of sp³-hybridized carbons (Fsp3) is 0.136. The second kappa shape index (κ2) is 9.45. The summed E-state index contributed by atoms with van der Waals surface area (Å²) in [5.74, 6) is -0.786. The van der Waals surface area contributed by atoms with E-state index in [9.17, 15) is 14.0 Å². The molecule has 0 spiro atoms. The highest BCUT2D eigenvalue weighted by molar-refractivity contribution is 6.03. The third-order valence-electron chi connectivity index (χ3n) is 4.17. The highest BCUT2D eigenvalue weighted by Gasteiger charge is 2.13. The average molecular weight is 393 g/mol. The van der Waals surface area contributed by atoms with Crippen LogP contribution in [0.3, 0.4) is 0 Å². The van der Waals surface area contributed by atoms with E-state index in [1.54, 1.807) is 19.2 Å². The largest absolute Gasteiger partial charge is 0.497 e. The van der Waals surface area contributed by atoms with Gasteiger partial charge < -0.3 is 15.4 Å². The number of amides is 2. The maximum Gasteiger partial charge on any atom is 0.274 e. The minimum Gasteiger partial charge on any atom is -0.497 e. The van der Waals surface area contributed by atoms with Crippen LogP contribution >= 0.6 is 0 Å². The molecule has 1 aromatic heterocycles. The topological polar surface area (TPSA) is 80.3 Å². The zero-order chi connectivity index (χ0) is 20.6. The average Bonchev–Trinajstić information content (AvgIpc) is 2.75. The minimum absolute atomic E-state index is 0.0219. The molecule has 148 valence electrons. The van der Waals surface area contributed by atoms with E-state index in [2.05, 4.69) is 15.6 Å². The van der Waals surface area contributed by atoms with Crippen LogP contribution < -0.4 is 15.4 Å². The van der Waals surface area contributed by atoms with E-state index in [0.29, 0.717) is 13.0 Å². The molecule has 0 aliphatic heterocycles. The SMILES string of the molecule is COc1cccc(CCNC(=O)c2cccc(C(=O)Nc3ccccc3F)n2)c1. The van der Waals surface area contributed by atoms with Gasteiger partial charge in [0, 0.05) is 6.54 Å². The van der Waals surface area contributed by atoms with Crippen molar-refractivity contribution >= 4 is 17.5 Å². The number of hydrogen-bond acceptors (Lipinski definition) is 4. The molecular weight excluding hydrogens is 373 g/mol. The van der Waals surface area contributed by atoms with Gasteiger partial charge in [-0.3, -0.25) is 9.59 Å². The standard InChI is InChI=1S/C22H20FN3O3/c1-29-16-7-4-6-15(14-16)12-13-24-21(27)19-10-5-11-20(25-19)22(28)26-18-9-3-2-8-17(18)23/h2-11,14H,12-13H2,1H3,(H,24,27)(H,26,28). The number of anilines is 1. The lowest BCUT2D eigenvalue weighted by molar-refractivity contribution is 0.0949. The van der Waals surface area contributed by atoms with Crippen LogP contribution in [0.5, 0.6) is 5.75 Å². The number of carbonyl (C=O) groups is 2. The molecule has 3 rings (SSSR count). The van der Waals surface area contributed by atoms with Gasteiger partial charge in [0.05, 0.1) is 12.8 Å². The lowest BCUT2D eigenvalue weighted by atomic mass is 10.1. The summed E-state index contributed by atoms with van der Waals surface area (Å²) in [6.45, 7) is 0.402. The number of pyridine rings is 1. The molecule has 0 bridgehead atoms. The molecule has 2 aromatic carbocycles. The number of methoxy groups -OCH3 is 1. The molecule has 0 atom stereocenters. The highest BCUT2D eigenvalue weighted by atomic mass is 19.1. The van der Waals surface area contributed by atoms with Crippen molar-refractivity contribution in [2.75, 3.05) is 19.0 Å². The fourth-order valence-corrected chi connectivity index (χ4v) is 2.68. The molecule has 0 unspecified atom stereocenters. The van der Waals surface area contributed by atoms with Crippen molar-refractivity contribution in [2.24, 2.45) is 0 Å². The fourth-order valence-electron chi connectivity index (χ4n) is 2.68. The van der Waals surface area contributed by atoms with Gasteiger partial charge in [-0.1, -0.05) is 30.3 Å². The smallest absolute Gasteiger partial charge is 0.274 e. The summed E-state index contributed by atoms with van der Waals surface area (Å²) >= 11 is 0. The molecule has 0 aliphatic rings. The van der Waals surface area contributed by atoms with Crippen molar-refractivity contribution in [1.29, 1.82) is 0 Å². The number of aromatic nitrogens is 1. The number of hydrogen-bond donors (Lipinski definition) is 2. The van der Waals surface area contributed by atoms with Crippen LogP contribution in [0.1, 0.15) is 26.5 Å². The Morgan fingerprint density at radius 1 is 0.966 bits per heavy atom. The predicted octanol–water partition coefficient (Wildman–Crippen LogP) is 3.45. The number of benzene rings is 2. The first-order valence-electron chi connectivity index (χ1n) is 9.01. The maximum absolute atomic E-state index is 13.7. The Bertz CT molecular complexity index is 1020. The van der Waals surface area contributed by atoms with Crippen LogP contribution in [-0.2, 0) is 6.42 Å². The van der Waals surface area contributed by atoms with Crippen LogP contribution in [-0.4, -0.2) is 30.5 Å². The Morgan fingerprint density at radius 3 is 2.45 bits per heavy atom. The van der Waals surface area contributed by atoms with Gasteiger partial charge in [-0.2, -0.15) is 0 Å². The molecule has 2 N–H and O–H groups in total. The van der Waals surface area contributed by atoms with Crippen molar-refractivity contribution in [3.63, 3.8) is 0 Å². The molecule has 7 heteroatoms. The summed E-state index contributed by atoms with van der Waals surface area (Å²) in [5.41, 5.74) is 1.20. The van der Waals surface area contributed by atoms with Crippen molar-refractivity contribution in [2.45, 2.75) is 6.42 Å². The molecule has 0 saturated carbocycles. The molecule has 3 aromatic rings. The van der Waals surface area contributed by atoms with Crippen LogP contribution in [0, 0.1) is 5.82 Å². The van der Waals surface area contributed by atoms with E-state index in [4.69, 9.17) is 4.74 Å². The van der Waals surface area contributed by atoms with E-state index in [0.717, 1.165) is 11.3 Å². The summed E-state index contributed by atoms with van der Waals surface area (Å²) in [6, 6.07) is 17.9. The maximum atomic E-state index is 13.7. The van der Waals surface area contributed by atoms with Gasteiger partial charge in [0.25, 0.3) is 11.8 Å². The lowest BCUT2D eigenvalue weighted by Gasteiger charge is -2.08. The van der Waals surface area contributed by atoms with E-state index in [1.165, 1.54) is 30.3 Å². The number of nitrogens with zero attached hydrogens (tertiary/aromatic N) is 1. The van der Waals surface area contributed by atoms with Crippen molar-refractivity contribution in [1.82, 2.24) is 10.3 Å². The van der Waals surface area contributed by atoms with E-state index < -0.39 is 17.6 Å². The number of ether oxygens (including phenoxy) is 1. The molecule has 1 heterocycles. The number of halogens is 1. The van der Waals surface area contributed by atoms with E-state index in [-0.39, 0.29) is 17.1 Å². The quantitative estimate of drug-likeness (QED) is 0.644. The number of nitrogens with one attached hydrogen (secondary N) is 2. The van der Waals surface area contributed by atoms with E-state index >= 15 is 0 Å². The first-order chi connectivity index (χ1) is 14.1. The minimum atomic E-state index is -0.596. The molecule has 0 radical (unpaired) electrons. The number of para-hydroxylation sites is 1. The summed E-state index contributed by atoms with van der Waals surface area (Å²) < 4.78 is 18.9. The Hall–Kier alpha value is -3.74. The first kappa shape index (κ1) is 20.0. The third-order valence-corrected chi connectivity index (χ3v) is 4.17. The molecule has 2 amide bonds. The van der Waals surface area contributed by atoms with Crippen LogP contribution in [0.25, 0.3) is 0 Å². The Kier molecular flexibility index (Phi) is 6.52. The predicted molar refractivity (Wildman–Crippen MR) is 108 cm³/mol. The number of carbonyl (C=O) groups excluding carboxylic acids is 2. The van der Waals surface area contributed by atoms with Crippen molar-refractivity contribution in [3.05, 3.63) is 89.5 Å². The molecule has 0 saturated heterocycles. The van der Waals surface area contributed by atoms with Gasteiger partial charge >= 0.3 is 0 Å². The number of rotatable bonds is 7. The summed E-state index contributed by atoms with van der Waals surface area (Å²) in [6.07, 6.45) is 0.621. The van der Waals surface area contributed by atoms with Gasteiger partial charge in [0.2, 0.25) is 0 Å². The normalized spacial score (nSPS) is 10.3. The summed E-state index contributed by atoms with van der Waals surface area (Å²) in [4.78, 5) is 28.8. The van der Waals surface area contributed by atoms with Gasteiger partial charge in [-0.05, 0) is 48.4 Å². The lowest BCUT2D eigenvalue weighted by Crippen LogP contribution is -2.27. The zero-order valence-corrected chi connectivity index (χ0v) is 15.8. The van der Waals surface area contributed by atoms with Crippen molar-refractivity contribution in [3.8, 4) is 5.75 Å². The Balaban J connectivity index is 1.60. The van der Waals surface area contributed by atoms with Crippen LogP contribution in [0.15, 0.2) is 66.7 Å². The first-order valence-corrected chi connectivity index (χ1v) is 9.01. The van der Waals surface area contributed by atoms with Gasteiger partial charge in [0.1, 0.15) is 23.0 Å². The molecule has 0 aliphatic carbocycles. The second-order valence-corrected chi connectivity index (χ2v) is 6.20. The van der Waals surface area contributed by atoms with Gasteiger partial charge in [-0.15, -0.1) is 0 Å². The highest BCUT2D eigenvalue weighted by Crippen LogP contribution is 2.14. The van der Waals surface area contributed by atoms with Crippen LogP contribution in [0.2, 0.25) is 0 Å². The van der Waals surface area contributed by atoms with Crippen LogP contribution in [0.4, 0.5) is 10.1 Å². The molecule has 0 fully saturated rings. The third kappa shape index (κ3) is 5.38. The summed E-state index contributed by atoms with van der Waals surface area (Å²) in [5, 5.41) is 5.22. The monoisotopic (exact) mass is 393 g/mol. The summed E-state index contributed by atoms with van der Waals surface area (Å²) in [7, 11) is 1.60. The van der Waals surface area contributed by atoms with Crippen molar-refractivity contribution < 1.29 is 18.7 Å². The second-order valence-electron chi connectivity index (χ2n) is 6.20.